The summed E-state index contributed by atoms with van der Waals surface area (Å²) >= 11 is 0. The Morgan fingerprint density at radius 3 is 2.32 bits per heavy atom. The number of amides is 2. The van der Waals surface area contributed by atoms with Crippen LogP contribution in [0.5, 0.6) is 0 Å². The molecule has 0 radical (unpaired) electrons. The van der Waals surface area contributed by atoms with Gasteiger partial charge in [-0.1, -0.05) is 0 Å². The van der Waals surface area contributed by atoms with Gasteiger partial charge >= 0.3 is 0 Å². The Bertz CT molecular complexity index is 462. The number of nitrogen functional groups attached to an aromatic ring is 1. The molecule has 0 aliphatic carbocycles. The molecule has 1 aromatic carbocycles. The molecule has 1 aliphatic heterocycles. The van der Waals surface area contributed by atoms with Gasteiger partial charge in [0, 0.05) is 37.3 Å². The van der Waals surface area contributed by atoms with Crippen LogP contribution >= 0.6 is 0 Å². The first kappa shape index (κ1) is 13.4. The number of likely N-dealkylation sites (tertiary alicyclic amines) is 1. The van der Waals surface area contributed by atoms with Crippen LogP contribution in [0, 0.1) is 0 Å². The van der Waals surface area contributed by atoms with Gasteiger partial charge in [0.1, 0.15) is 0 Å². The van der Waals surface area contributed by atoms with Crippen LogP contribution in [0.15, 0.2) is 24.3 Å². The Kier molecular flexibility index (Phi) is 4.04. The highest BCUT2D eigenvalue weighted by atomic mass is 16.2. The Labute approximate surface area is 112 Å². The number of rotatable bonds is 2. The third-order valence-electron chi connectivity index (χ3n) is 3.45. The summed E-state index contributed by atoms with van der Waals surface area (Å²) in [4.78, 5) is 25.0. The lowest BCUT2D eigenvalue weighted by Gasteiger charge is -2.31. The molecule has 2 rings (SSSR count). The molecule has 19 heavy (non-hydrogen) atoms. The number of nitrogens with two attached hydrogens (primary N) is 1. The molecule has 1 aliphatic rings. The summed E-state index contributed by atoms with van der Waals surface area (Å²) in [7, 11) is 0. The van der Waals surface area contributed by atoms with Crippen molar-refractivity contribution in [2.75, 3.05) is 18.8 Å². The number of carbonyl (C=O) groups is 2. The summed E-state index contributed by atoms with van der Waals surface area (Å²) in [5.74, 6) is 0.0181. The molecule has 0 spiro atoms. The van der Waals surface area contributed by atoms with Gasteiger partial charge in [-0.15, -0.1) is 0 Å². The zero-order chi connectivity index (χ0) is 13.8. The predicted molar refractivity (Wildman–Crippen MR) is 73.6 cm³/mol. The van der Waals surface area contributed by atoms with Crippen LogP contribution in [0.25, 0.3) is 0 Å². The molecular weight excluding hydrogens is 242 g/mol. The number of piperidine rings is 1. The summed E-state index contributed by atoms with van der Waals surface area (Å²) < 4.78 is 0. The number of benzene rings is 1. The van der Waals surface area contributed by atoms with Crippen molar-refractivity contribution >= 4 is 17.5 Å². The average Bonchev–Trinajstić information content (AvgIpc) is 2.40. The quantitative estimate of drug-likeness (QED) is 0.780. The van der Waals surface area contributed by atoms with Gasteiger partial charge in [-0.3, -0.25) is 9.59 Å². The van der Waals surface area contributed by atoms with E-state index in [-0.39, 0.29) is 17.9 Å². The number of nitrogens with zero attached hydrogens (tertiary/aromatic N) is 1. The highest BCUT2D eigenvalue weighted by Gasteiger charge is 2.22. The fourth-order valence-electron chi connectivity index (χ4n) is 2.24. The first-order valence-corrected chi connectivity index (χ1v) is 6.48. The van der Waals surface area contributed by atoms with E-state index in [1.165, 1.54) is 0 Å². The molecule has 5 heteroatoms. The molecule has 0 bridgehead atoms. The fourth-order valence-corrected chi connectivity index (χ4v) is 2.24. The first-order valence-electron chi connectivity index (χ1n) is 6.48. The molecule has 1 saturated heterocycles. The van der Waals surface area contributed by atoms with Crippen molar-refractivity contribution in [2.45, 2.75) is 25.8 Å². The van der Waals surface area contributed by atoms with E-state index in [1.54, 1.807) is 31.2 Å². The SMILES string of the molecule is CC(=O)N1CCC(NC(=O)c2ccc(N)cc2)CC1. The molecule has 2 amide bonds. The summed E-state index contributed by atoms with van der Waals surface area (Å²) in [6.45, 7) is 3.00. The van der Waals surface area contributed by atoms with Gasteiger partial charge in [0.2, 0.25) is 5.91 Å². The molecule has 3 N–H and O–H groups in total. The van der Waals surface area contributed by atoms with E-state index in [2.05, 4.69) is 5.32 Å². The van der Waals surface area contributed by atoms with Crippen LogP contribution < -0.4 is 11.1 Å². The number of carbonyl (C=O) groups excluding carboxylic acids is 2. The van der Waals surface area contributed by atoms with E-state index in [0.29, 0.717) is 24.3 Å². The monoisotopic (exact) mass is 261 g/mol. The van der Waals surface area contributed by atoms with Crippen LogP contribution in [0.3, 0.4) is 0 Å². The molecule has 0 unspecified atom stereocenters. The van der Waals surface area contributed by atoms with E-state index >= 15 is 0 Å². The highest BCUT2D eigenvalue weighted by molar-refractivity contribution is 5.94. The lowest BCUT2D eigenvalue weighted by atomic mass is 10.0. The van der Waals surface area contributed by atoms with E-state index in [1.807, 2.05) is 4.90 Å². The maximum atomic E-state index is 12.0. The van der Waals surface area contributed by atoms with Crippen LogP contribution in [-0.2, 0) is 4.79 Å². The number of hydrogen-bond acceptors (Lipinski definition) is 3. The van der Waals surface area contributed by atoms with Gasteiger partial charge in [0.05, 0.1) is 0 Å². The Morgan fingerprint density at radius 1 is 1.21 bits per heavy atom. The van der Waals surface area contributed by atoms with Gasteiger partial charge in [0.15, 0.2) is 0 Å². The van der Waals surface area contributed by atoms with Gasteiger partial charge < -0.3 is 16.0 Å². The minimum Gasteiger partial charge on any atom is -0.399 e. The van der Waals surface area contributed by atoms with Gasteiger partial charge in [0.25, 0.3) is 5.91 Å². The number of nitrogens with one attached hydrogen (secondary N) is 1. The molecular formula is C14H19N3O2. The zero-order valence-electron chi connectivity index (χ0n) is 11.1. The standard InChI is InChI=1S/C14H19N3O2/c1-10(18)17-8-6-13(7-9-17)16-14(19)11-2-4-12(15)5-3-11/h2-5,13H,6-9,15H2,1H3,(H,16,19). The summed E-state index contributed by atoms with van der Waals surface area (Å²) in [5.41, 5.74) is 6.84. The average molecular weight is 261 g/mol. The van der Waals surface area contributed by atoms with Crippen molar-refractivity contribution < 1.29 is 9.59 Å². The predicted octanol–water partition coefficient (Wildman–Crippen LogP) is 1.01. The molecule has 0 aromatic heterocycles. The van der Waals surface area contributed by atoms with Crippen molar-refractivity contribution in [2.24, 2.45) is 0 Å². The van der Waals surface area contributed by atoms with Crippen molar-refractivity contribution in [3.63, 3.8) is 0 Å². The van der Waals surface area contributed by atoms with E-state index in [0.717, 1.165) is 12.8 Å². The minimum atomic E-state index is -0.0822. The maximum Gasteiger partial charge on any atom is 0.251 e. The number of anilines is 1. The normalized spacial score (nSPS) is 16.2. The highest BCUT2D eigenvalue weighted by Crippen LogP contribution is 2.12. The maximum absolute atomic E-state index is 12.0. The molecule has 0 saturated carbocycles. The van der Waals surface area contributed by atoms with E-state index in [9.17, 15) is 9.59 Å². The second-order valence-corrected chi connectivity index (χ2v) is 4.88. The lowest BCUT2D eigenvalue weighted by molar-refractivity contribution is -0.129. The van der Waals surface area contributed by atoms with E-state index in [4.69, 9.17) is 5.73 Å². The molecule has 1 aromatic rings. The molecule has 102 valence electrons. The van der Waals surface area contributed by atoms with Crippen molar-refractivity contribution in [1.82, 2.24) is 10.2 Å². The number of hydrogen-bond donors (Lipinski definition) is 2. The third kappa shape index (κ3) is 3.47. The summed E-state index contributed by atoms with van der Waals surface area (Å²) in [5, 5.41) is 3.00. The fraction of sp³-hybridized carbons (Fsp3) is 0.429. The summed E-state index contributed by atoms with van der Waals surface area (Å²) in [6.07, 6.45) is 1.61. The minimum absolute atomic E-state index is 0.0822. The Balaban J connectivity index is 1.87. The smallest absolute Gasteiger partial charge is 0.251 e. The Hall–Kier alpha value is -2.04. The Morgan fingerprint density at radius 2 is 1.79 bits per heavy atom. The molecule has 1 heterocycles. The lowest BCUT2D eigenvalue weighted by Crippen LogP contribution is -2.45. The van der Waals surface area contributed by atoms with Crippen LogP contribution in [0.1, 0.15) is 30.1 Å². The van der Waals surface area contributed by atoms with E-state index < -0.39 is 0 Å². The van der Waals surface area contributed by atoms with Gasteiger partial charge in [-0.05, 0) is 37.1 Å². The van der Waals surface area contributed by atoms with Crippen molar-refractivity contribution in [3.8, 4) is 0 Å². The molecule has 1 fully saturated rings. The zero-order valence-corrected chi connectivity index (χ0v) is 11.1. The van der Waals surface area contributed by atoms with Crippen LogP contribution in [0.4, 0.5) is 5.69 Å². The van der Waals surface area contributed by atoms with Crippen LogP contribution in [0.2, 0.25) is 0 Å². The largest absolute Gasteiger partial charge is 0.399 e. The molecule has 5 nitrogen and oxygen atoms in total. The third-order valence-corrected chi connectivity index (χ3v) is 3.45. The van der Waals surface area contributed by atoms with Gasteiger partial charge in [-0.25, -0.2) is 0 Å². The second-order valence-electron chi connectivity index (χ2n) is 4.88. The van der Waals surface area contributed by atoms with Gasteiger partial charge in [-0.2, -0.15) is 0 Å². The molecule has 0 atom stereocenters. The second kappa shape index (κ2) is 5.73. The summed E-state index contributed by atoms with van der Waals surface area (Å²) in [6, 6.07) is 7.01. The first-order chi connectivity index (χ1) is 9.06. The van der Waals surface area contributed by atoms with Crippen LogP contribution in [-0.4, -0.2) is 35.8 Å². The van der Waals surface area contributed by atoms with Crippen molar-refractivity contribution in [3.05, 3.63) is 29.8 Å². The van der Waals surface area contributed by atoms with Crippen molar-refractivity contribution in [1.29, 1.82) is 0 Å². The topological polar surface area (TPSA) is 75.4 Å².